The van der Waals surface area contributed by atoms with Crippen molar-refractivity contribution in [2.24, 2.45) is 33.5 Å². The molecular formula is C48H93N5O3S2. The van der Waals surface area contributed by atoms with Crippen molar-refractivity contribution in [3.05, 3.63) is 27.8 Å². The average molecular weight is 852 g/mol. The van der Waals surface area contributed by atoms with Crippen molar-refractivity contribution < 1.29 is 12.9 Å². The molecule has 2 aliphatic heterocycles. The van der Waals surface area contributed by atoms with Gasteiger partial charge in [0.1, 0.15) is 0 Å². The van der Waals surface area contributed by atoms with Gasteiger partial charge in [-0.25, -0.2) is 17.7 Å². The molecule has 340 valence electrons. The fourth-order valence-corrected chi connectivity index (χ4v) is 9.43. The van der Waals surface area contributed by atoms with Crippen molar-refractivity contribution >= 4 is 21.4 Å². The lowest BCUT2D eigenvalue weighted by atomic mass is 9.82. The quantitative estimate of drug-likeness (QED) is 0.296. The largest absolute Gasteiger partial charge is 0.339 e. The number of likely N-dealkylation sites (tertiary alicyclic amines) is 1. The van der Waals surface area contributed by atoms with Crippen LogP contribution in [-0.4, -0.2) is 69.2 Å². The van der Waals surface area contributed by atoms with Gasteiger partial charge in [-0.05, 0) is 107 Å². The molecule has 1 unspecified atom stereocenters. The molecule has 0 radical (unpaired) electrons. The molecule has 2 aliphatic rings. The third-order valence-corrected chi connectivity index (χ3v) is 13.6. The molecule has 0 amide bonds. The average Bonchev–Trinajstić information content (AvgIpc) is 3.69. The fraction of sp³-hybridized carbons (Fsp3) is 0.896. The van der Waals surface area contributed by atoms with E-state index in [4.69, 9.17) is 4.52 Å². The van der Waals surface area contributed by atoms with Gasteiger partial charge in [0.2, 0.25) is 15.9 Å². The van der Waals surface area contributed by atoms with E-state index in [2.05, 4.69) is 171 Å². The summed E-state index contributed by atoms with van der Waals surface area (Å²) in [6.45, 7) is 56.1. The van der Waals surface area contributed by atoms with Crippen molar-refractivity contribution in [1.82, 2.24) is 24.3 Å². The van der Waals surface area contributed by atoms with Gasteiger partial charge in [-0.1, -0.05) is 130 Å². The highest BCUT2D eigenvalue weighted by atomic mass is 32.2. The summed E-state index contributed by atoms with van der Waals surface area (Å²) in [5.41, 5.74) is 3.10. The molecule has 0 bridgehead atoms. The van der Waals surface area contributed by atoms with Crippen LogP contribution in [0, 0.1) is 33.5 Å². The van der Waals surface area contributed by atoms with E-state index in [0.717, 1.165) is 36.9 Å². The summed E-state index contributed by atoms with van der Waals surface area (Å²) < 4.78 is 30.3. The number of hydrogen-bond donors (Lipinski definition) is 0. The maximum atomic E-state index is 12.1. The van der Waals surface area contributed by atoms with Crippen molar-refractivity contribution in [2.75, 3.05) is 26.2 Å². The van der Waals surface area contributed by atoms with Crippen molar-refractivity contribution in [3.8, 4) is 0 Å². The Morgan fingerprint density at radius 2 is 1.12 bits per heavy atom. The Balaban J connectivity index is 0.000000387. The van der Waals surface area contributed by atoms with E-state index >= 15 is 0 Å². The molecule has 58 heavy (non-hydrogen) atoms. The van der Waals surface area contributed by atoms with Crippen LogP contribution in [0.25, 0.3) is 0 Å². The molecule has 2 fully saturated rings. The monoisotopic (exact) mass is 852 g/mol. The predicted octanol–water partition coefficient (Wildman–Crippen LogP) is 13.0. The van der Waals surface area contributed by atoms with Crippen molar-refractivity contribution in [1.29, 1.82) is 0 Å². The predicted molar refractivity (Wildman–Crippen MR) is 251 cm³/mol. The van der Waals surface area contributed by atoms with Crippen LogP contribution in [0.2, 0.25) is 0 Å². The van der Waals surface area contributed by atoms with E-state index in [1.165, 1.54) is 36.6 Å². The number of nitrogens with zero attached hydrogens (tertiary/aromatic N) is 5. The summed E-state index contributed by atoms with van der Waals surface area (Å²) in [6.07, 6.45) is 5.77. The first-order chi connectivity index (χ1) is 25.5. The van der Waals surface area contributed by atoms with Crippen LogP contribution >= 0.6 is 11.3 Å². The minimum atomic E-state index is -3.09. The summed E-state index contributed by atoms with van der Waals surface area (Å²) in [4.78, 5) is 11.7. The maximum absolute atomic E-state index is 12.1. The molecule has 0 aliphatic carbocycles. The van der Waals surface area contributed by atoms with E-state index in [0.29, 0.717) is 40.8 Å². The third kappa shape index (κ3) is 20.9. The fourth-order valence-electron chi connectivity index (χ4n) is 6.94. The zero-order valence-corrected chi connectivity index (χ0v) is 44.0. The highest BCUT2D eigenvalue weighted by Gasteiger charge is 2.43. The lowest BCUT2D eigenvalue weighted by Gasteiger charge is -2.43. The highest BCUT2D eigenvalue weighted by molar-refractivity contribution is 7.90. The topological polar surface area (TPSA) is 92.4 Å². The normalized spacial score (nSPS) is 18.4. The van der Waals surface area contributed by atoms with Crippen LogP contribution in [0.4, 0.5) is 0 Å². The first-order valence-electron chi connectivity index (χ1n) is 22.0. The zero-order valence-electron chi connectivity index (χ0n) is 42.4. The first-order valence-corrected chi connectivity index (χ1v) is 24.3. The van der Waals surface area contributed by atoms with Gasteiger partial charge in [0.05, 0.1) is 15.4 Å². The van der Waals surface area contributed by atoms with Gasteiger partial charge in [0.15, 0.2) is 5.82 Å². The third-order valence-electron chi connectivity index (χ3n) is 9.80. The van der Waals surface area contributed by atoms with Crippen LogP contribution in [0.5, 0.6) is 0 Å². The molecule has 4 rings (SSSR count). The Labute approximate surface area is 364 Å². The smallest absolute Gasteiger partial charge is 0.227 e. The highest BCUT2D eigenvalue weighted by Crippen LogP contribution is 2.35. The van der Waals surface area contributed by atoms with E-state index < -0.39 is 14.8 Å². The van der Waals surface area contributed by atoms with E-state index in [1.807, 2.05) is 0 Å². The van der Waals surface area contributed by atoms with Crippen LogP contribution in [0.15, 0.2) is 9.90 Å². The standard InChI is InChI=1S/C13H27N.C12H25NO2S.C12H21NS.C11H20N2O/c1-12(2,3)9-11-7-8-14(10-11)13(4,5)6;1-11(2,3)7-10-8-13(9-10)16(14,15)12(4,5)6;1-11(2,3)7-9-8-14-10(13-9)12(4,5)6;1-10(2,3)7-8-12-9(13-14-8)11(4,5)6/h11H,7-10H2,1-6H3;10H,7-9H2,1-6H3;8H,7H2,1-6H3;7H2,1-6H3. The molecule has 2 aromatic heterocycles. The summed E-state index contributed by atoms with van der Waals surface area (Å²) in [5, 5.41) is 7.43. The Bertz CT molecular complexity index is 1550. The number of hydrogen-bond acceptors (Lipinski definition) is 8. The summed E-state index contributed by atoms with van der Waals surface area (Å²) in [5.74, 6) is 2.99. The van der Waals surface area contributed by atoms with E-state index in [1.54, 1.807) is 36.4 Å². The Morgan fingerprint density at radius 1 is 0.638 bits per heavy atom. The SMILES string of the molecule is CC(C)(C)CC1CCN(C(C)(C)C)C1.CC(C)(C)CC1CN(S(=O)(=O)C(C)(C)C)C1.CC(C)(C)Cc1csc(C(C)(C)C)n1.CC(C)(C)Cc1nc(C(C)(C)C)no1. The lowest BCUT2D eigenvalue weighted by molar-refractivity contribution is 0.142. The number of rotatable bonds is 5. The summed E-state index contributed by atoms with van der Waals surface area (Å²) in [7, 11) is -3.09. The van der Waals surface area contributed by atoms with Gasteiger partial charge in [-0.15, -0.1) is 11.3 Å². The van der Waals surface area contributed by atoms with E-state index in [-0.39, 0.29) is 16.2 Å². The zero-order chi connectivity index (χ0) is 45.7. The summed E-state index contributed by atoms with van der Waals surface area (Å²) in [6, 6.07) is 0. The molecule has 2 saturated heterocycles. The number of thiazole rings is 1. The molecule has 1 atom stereocenters. The van der Waals surface area contributed by atoms with Gasteiger partial charge < -0.3 is 4.52 Å². The molecule has 10 heteroatoms. The molecule has 8 nitrogen and oxygen atoms in total. The Hall–Kier alpha value is -1.36. The van der Waals surface area contributed by atoms with Gasteiger partial charge in [-0.3, -0.25) is 4.90 Å². The van der Waals surface area contributed by atoms with Gasteiger partial charge in [-0.2, -0.15) is 4.98 Å². The van der Waals surface area contributed by atoms with Crippen LogP contribution in [-0.2, 0) is 33.7 Å². The summed E-state index contributed by atoms with van der Waals surface area (Å²) >= 11 is 1.79. The molecule has 2 aromatic rings. The second-order valence-corrected chi connectivity index (χ2v) is 29.8. The van der Waals surface area contributed by atoms with E-state index in [9.17, 15) is 8.42 Å². The molecule has 4 heterocycles. The van der Waals surface area contributed by atoms with Gasteiger partial charge in [0.25, 0.3) is 0 Å². The minimum Gasteiger partial charge on any atom is -0.339 e. The van der Waals surface area contributed by atoms with Crippen molar-refractivity contribution in [3.63, 3.8) is 0 Å². The Kier molecular flexibility index (Phi) is 18.6. The van der Waals surface area contributed by atoms with Crippen LogP contribution in [0.1, 0.15) is 208 Å². The number of sulfonamides is 1. The molecule has 0 aromatic carbocycles. The molecule has 0 N–H and O–H groups in total. The first kappa shape index (κ1) is 54.7. The maximum Gasteiger partial charge on any atom is 0.227 e. The second-order valence-electron chi connectivity index (χ2n) is 26.2. The van der Waals surface area contributed by atoms with Crippen molar-refractivity contribution in [2.45, 2.75) is 219 Å². The molecular weight excluding hydrogens is 759 g/mol. The molecule has 0 spiro atoms. The van der Waals surface area contributed by atoms with Crippen LogP contribution < -0.4 is 0 Å². The van der Waals surface area contributed by atoms with Gasteiger partial charge >= 0.3 is 0 Å². The number of aromatic nitrogens is 3. The second kappa shape index (κ2) is 19.8. The van der Waals surface area contributed by atoms with Crippen LogP contribution in [0.3, 0.4) is 0 Å². The van der Waals surface area contributed by atoms with Gasteiger partial charge in [0, 0.05) is 47.8 Å². The lowest BCUT2D eigenvalue weighted by Crippen LogP contribution is -2.55. The minimum absolute atomic E-state index is 0.0281. The molecule has 0 saturated carbocycles. The Morgan fingerprint density at radius 3 is 1.47 bits per heavy atom.